The van der Waals surface area contributed by atoms with Gasteiger partial charge in [-0.15, -0.1) is 0 Å². The van der Waals surface area contributed by atoms with Crippen molar-refractivity contribution in [2.45, 2.75) is 19.9 Å². The summed E-state index contributed by atoms with van der Waals surface area (Å²) in [6.45, 7) is 3.93. The second-order valence-corrected chi connectivity index (χ2v) is 8.64. The molecule has 140 valence electrons. The molecule has 0 saturated carbocycles. The van der Waals surface area contributed by atoms with E-state index in [0.29, 0.717) is 11.3 Å². The van der Waals surface area contributed by atoms with Crippen molar-refractivity contribution >= 4 is 26.6 Å². The van der Waals surface area contributed by atoms with Crippen LogP contribution >= 0.6 is 0 Å². The van der Waals surface area contributed by atoms with E-state index < -0.39 is 21.4 Å². The first-order valence-corrected chi connectivity index (χ1v) is 10.0. The zero-order valence-electron chi connectivity index (χ0n) is 14.7. The molecule has 2 aromatic heterocycles. The molecule has 1 aliphatic heterocycles. The summed E-state index contributed by atoms with van der Waals surface area (Å²) < 4.78 is 23.1. The zero-order valence-corrected chi connectivity index (χ0v) is 15.5. The average molecular weight is 386 g/mol. The Balaban J connectivity index is 1.79. The number of aromatic hydroxyl groups is 1. The number of fused-ring (bicyclic) bond motifs is 1. The van der Waals surface area contributed by atoms with Crippen molar-refractivity contribution < 1.29 is 13.5 Å². The Kier molecular flexibility index (Phi) is 3.84. The molecular formula is C18H18N4O4S. The number of aromatic nitrogens is 3. The van der Waals surface area contributed by atoms with Crippen LogP contribution in [0, 0.1) is 13.8 Å². The zero-order chi connectivity index (χ0) is 19.3. The summed E-state index contributed by atoms with van der Waals surface area (Å²) in [7, 11) is -3.24. The van der Waals surface area contributed by atoms with Crippen LogP contribution in [0.2, 0.25) is 0 Å². The van der Waals surface area contributed by atoms with E-state index >= 15 is 0 Å². The molecule has 3 aromatic rings. The summed E-state index contributed by atoms with van der Waals surface area (Å²) in [5.41, 5.74) is 2.89. The van der Waals surface area contributed by atoms with E-state index in [1.807, 2.05) is 32.0 Å². The minimum Gasteiger partial charge on any atom is -0.504 e. The summed E-state index contributed by atoms with van der Waals surface area (Å²) in [5, 5.41) is 21.6. The molecule has 1 aliphatic rings. The molecule has 0 unspecified atom stereocenters. The number of pyridine rings is 1. The highest BCUT2D eigenvalue weighted by Crippen LogP contribution is 2.34. The van der Waals surface area contributed by atoms with Crippen molar-refractivity contribution in [3.63, 3.8) is 0 Å². The number of hydrogen-bond acceptors (Lipinski definition) is 6. The molecule has 9 heteroatoms. The minimum atomic E-state index is -3.24. The van der Waals surface area contributed by atoms with Crippen molar-refractivity contribution in [2.24, 2.45) is 0 Å². The van der Waals surface area contributed by atoms with Crippen LogP contribution in [-0.2, 0) is 9.84 Å². The number of benzene rings is 1. The SMILES string of the molecule is Cc1ccc(-c2[nH]c(=O)c3c(N[C@H]4C=CS(=O)(=O)C4)n[nH]c3c2O)cc1C. The smallest absolute Gasteiger partial charge is 0.261 e. The first-order valence-electron chi connectivity index (χ1n) is 8.33. The fourth-order valence-corrected chi connectivity index (χ4v) is 4.38. The summed E-state index contributed by atoms with van der Waals surface area (Å²) in [4.78, 5) is 15.4. The molecule has 0 amide bonds. The highest BCUT2D eigenvalue weighted by atomic mass is 32.2. The van der Waals surface area contributed by atoms with E-state index in [1.165, 1.54) is 6.08 Å². The number of nitrogens with zero attached hydrogens (tertiary/aromatic N) is 1. The van der Waals surface area contributed by atoms with Gasteiger partial charge in [-0.2, -0.15) is 5.10 Å². The van der Waals surface area contributed by atoms with E-state index in [-0.39, 0.29) is 28.2 Å². The Bertz CT molecular complexity index is 1250. The minimum absolute atomic E-state index is 0.105. The van der Waals surface area contributed by atoms with Gasteiger partial charge in [-0.1, -0.05) is 12.1 Å². The molecule has 0 radical (unpaired) electrons. The summed E-state index contributed by atoms with van der Waals surface area (Å²) in [6, 6.07) is 5.14. The van der Waals surface area contributed by atoms with Gasteiger partial charge in [0.1, 0.15) is 10.9 Å². The Morgan fingerprint density at radius 2 is 2.04 bits per heavy atom. The molecule has 27 heavy (non-hydrogen) atoms. The van der Waals surface area contributed by atoms with Gasteiger partial charge < -0.3 is 15.4 Å². The molecule has 0 spiro atoms. The molecule has 1 aromatic carbocycles. The monoisotopic (exact) mass is 386 g/mol. The first-order chi connectivity index (χ1) is 12.7. The standard InChI is InChI=1S/C18H18N4O4S/c1-9-3-4-11(7-10(9)2)14-16(23)15-13(18(24)20-14)17(22-21-15)19-12-5-6-27(25,26)8-12/h3-7,12,23H,8H2,1-2H3,(H,20,24)(H2,19,21,22)/t12-/m0/s1. The number of nitrogens with one attached hydrogen (secondary N) is 3. The molecule has 0 saturated heterocycles. The van der Waals surface area contributed by atoms with Gasteiger partial charge in [-0.05, 0) is 37.1 Å². The predicted octanol–water partition coefficient (Wildman–Crippen LogP) is 1.96. The van der Waals surface area contributed by atoms with Crippen LogP contribution in [0.25, 0.3) is 22.2 Å². The Morgan fingerprint density at radius 3 is 2.70 bits per heavy atom. The highest BCUT2D eigenvalue weighted by molar-refractivity contribution is 7.94. The summed E-state index contributed by atoms with van der Waals surface area (Å²) in [5.74, 6) is -0.0330. The van der Waals surface area contributed by atoms with Gasteiger partial charge in [0.15, 0.2) is 21.4 Å². The second kappa shape index (κ2) is 5.98. The number of sulfone groups is 1. The maximum Gasteiger partial charge on any atom is 0.261 e. The number of anilines is 1. The van der Waals surface area contributed by atoms with E-state index in [9.17, 15) is 18.3 Å². The van der Waals surface area contributed by atoms with E-state index in [4.69, 9.17) is 0 Å². The highest BCUT2D eigenvalue weighted by Gasteiger charge is 2.24. The average Bonchev–Trinajstić information content (AvgIpc) is 3.17. The van der Waals surface area contributed by atoms with Crippen molar-refractivity contribution in [1.29, 1.82) is 0 Å². The largest absolute Gasteiger partial charge is 0.504 e. The van der Waals surface area contributed by atoms with E-state index in [2.05, 4.69) is 20.5 Å². The third-order valence-electron chi connectivity index (χ3n) is 4.75. The lowest BCUT2D eigenvalue weighted by Crippen LogP contribution is -2.22. The molecule has 4 N–H and O–H groups in total. The van der Waals surface area contributed by atoms with Crippen LogP contribution in [0.1, 0.15) is 11.1 Å². The Morgan fingerprint density at radius 1 is 1.26 bits per heavy atom. The summed E-state index contributed by atoms with van der Waals surface area (Å²) >= 11 is 0. The van der Waals surface area contributed by atoms with Crippen molar-refractivity contribution in [3.05, 3.63) is 51.2 Å². The topological polar surface area (TPSA) is 128 Å². The van der Waals surface area contributed by atoms with Crippen LogP contribution < -0.4 is 10.9 Å². The third-order valence-corrected chi connectivity index (χ3v) is 6.15. The van der Waals surface area contributed by atoms with Crippen molar-refractivity contribution in [3.8, 4) is 17.0 Å². The maximum atomic E-state index is 12.7. The Labute approximate surface area is 154 Å². The lowest BCUT2D eigenvalue weighted by atomic mass is 10.0. The lowest BCUT2D eigenvalue weighted by molar-refractivity contribution is 0.480. The molecule has 0 fully saturated rings. The third kappa shape index (κ3) is 2.99. The molecule has 1 atom stereocenters. The second-order valence-electron chi connectivity index (χ2n) is 6.71. The number of H-pyrrole nitrogens is 2. The normalized spacial score (nSPS) is 18.2. The fraction of sp³-hybridized carbons (Fsp3) is 0.222. The van der Waals surface area contributed by atoms with Gasteiger partial charge in [0.05, 0.1) is 17.5 Å². The van der Waals surface area contributed by atoms with Gasteiger partial charge in [0.25, 0.3) is 5.56 Å². The van der Waals surface area contributed by atoms with E-state index in [0.717, 1.165) is 16.5 Å². The quantitative estimate of drug-likeness (QED) is 0.545. The number of hydrogen-bond donors (Lipinski definition) is 4. The number of aryl methyl sites for hydroxylation is 2. The van der Waals surface area contributed by atoms with Crippen LogP contribution in [0.3, 0.4) is 0 Å². The summed E-state index contributed by atoms with van der Waals surface area (Å²) in [6.07, 6.45) is 1.51. The van der Waals surface area contributed by atoms with Crippen LogP contribution in [-0.4, -0.2) is 40.5 Å². The van der Waals surface area contributed by atoms with Crippen LogP contribution in [0.15, 0.2) is 34.5 Å². The van der Waals surface area contributed by atoms with Crippen molar-refractivity contribution in [1.82, 2.24) is 15.2 Å². The van der Waals surface area contributed by atoms with Crippen molar-refractivity contribution in [2.75, 3.05) is 11.1 Å². The predicted molar refractivity (Wildman–Crippen MR) is 104 cm³/mol. The van der Waals surface area contributed by atoms with Crippen LogP contribution in [0.4, 0.5) is 5.82 Å². The van der Waals surface area contributed by atoms with Crippen LogP contribution in [0.5, 0.6) is 5.75 Å². The van der Waals surface area contributed by atoms with Gasteiger partial charge in [0.2, 0.25) is 0 Å². The fourth-order valence-electron chi connectivity index (χ4n) is 3.15. The lowest BCUT2D eigenvalue weighted by Gasteiger charge is -2.10. The number of aromatic amines is 2. The van der Waals surface area contributed by atoms with Gasteiger partial charge in [0, 0.05) is 11.0 Å². The van der Waals surface area contributed by atoms with E-state index in [1.54, 1.807) is 0 Å². The van der Waals surface area contributed by atoms with Gasteiger partial charge >= 0.3 is 0 Å². The number of rotatable bonds is 3. The molecule has 8 nitrogen and oxygen atoms in total. The molecule has 0 aliphatic carbocycles. The first kappa shape index (κ1) is 17.3. The Hall–Kier alpha value is -3.07. The maximum absolute atomic E-state index is 12.7. The molecule has 4 rings (SSSR count). The molecule has 0 bridgehead atoms. The molecular weight excluding hydrogens is 368 g/mol. The van der Waals surface area contributed by atoms with Gasteiger partial charge in [-0.25, -0.2) is 8.42 Å². The van der Waals surface area contributed by atoms with Gasteiger partial charge in [-0.3, -0.25) is 9.89 Å². The molecule has 3 heterocycles.